The number of ether oxygens (including phenoxy) is 1. The molecule has 1 fully saturated rings. The minimum Gasteiger partial charge on any atom is -0.481 e. The van der Waals surface area contributed by atoms with Crippen LogP contribution in [0.15, 0.2) is 53.6 Å². The van der Waals surface area contributed by atoms with Gasteiger partial charge in [-0.15, -0.1) is 0 Å². The first kappa shape index (κ1) is 20.0. The molecule has 0 saturated heterocycles. The van der Waals surface area contributed by atoms with Crippen molar-refractivity contribution >= 4 is 26.7 Å². The number of fused-ring (bicyclic) bond motifs is 2. The van der Waals surface area contributed by atoms with Gasteiger partial charge in [0.1, 0.15) is 0 Å². The smallest absolute Gasteiger partial charge is 0.264 e. The van der Waals surface area contributed by atoms with Crippen LogP contribution in [0, 0.1) is 0 Å². The van der Waals surface area contributed by atoms with Crippen LogP contribution in [0.4, 0.5) is 0 Å². The molecular formula is C24H24N2O4S. The van der Waals surface area contributed by atoms with Gasteiger partial charge in [0.2, 0.25) is 11.8 Å². The predicted molar refractivity (Wildman–Crippen MR) is 118 cm³/mol. The zero-order valence-electron chi connectivity index (χ0n) is 17.3. The number of hydrogen-bond acceptors (Lipinski definition) is 5. The number of pyridine rings is 1. The average Bonchev–Trinajstić information content (AvgIpc) is 3.18. The Balaban J connectivity index is 1.49. The molecule has 1 N–H and O–H groups in total. The Kier molecular flexibility index (Phi) is 4.93. The Bertz CT molecular complexity index is 1280. The lowest BCUT2D eigenvalue weighted by Gasteiger charge is -2.28. The third-order valence-electron chi connectivity index (χ3n) is 6.59. The Hall–Kier alpha value is -2.93. The van der Waals surface area contributed by atoms with E-state index in [9.17, 15) is 13.2 Å². The summed E-state index contributed by atoms with van der Waals surface area (Å²) in [7, 11) is -2.49. The van der Waals surface area contributed by atoms with Crippen molar-refractivity contribution in [3.63, 3.8) is 0 Å². The van der Waals surface area contributed by atoms with Gasteiger partial charge in [0, 0.05) is 17.1 Å². The van der Waals surface area contributed by atoms with Gasteiger partial charge < -0.3 is 4.74 Å². The quantitative estimate of drug-likeness (QED) is 0.652. The Morgan fingerprint density at radius 3 is 2.61 bits per heavy atom. The maximum atomic E-state index is 13.2. The van der Waals surface area contributed by atoms with Crippen molar-refractivity contribution in [1.29, 1.82) is 0 Å². The van der Waals surface area contributed by atoms with Gasteiger partial charge >= 0.3 is 0 Å². The number of aromatic nitrogens is 1. The summed E-state index contributed by atoms with van der Waals surface area (Å²) in [5.41, 5.74) is 3.05. The van der Waals surface area contributed by atoms with E-state index in [0.717, 1.165) is 35.8 Å². The van der Waals surface area contributed by atoms with Crippen LogP contribution in [0.5, 0.6) is 5.88 Å². The van der Waals surface area contributed by atoms with E-state index in [1.807, 2.05) is 24.4 Å². The zero-order chi connectivity index (χ0) is 21.6. The van der Waals surface area contributed by atoms with Gasteiger partial charge in [-0.05, 0) is 54.2 Å². The number of nitrogens with one attached hydrogen (secondary N) is 1. The van der Waals surface area contributed by atoms with Crippen molar-refractivity contribution in [1.82, 2.24) is 9.71 Å². The standard InChI is InChI=1S/C24H24N2O4S/c1-30-24-22-18(20(14-25-24)16-7-4-8-16)12-13-19(22)23(27)26-31(28,29)21-11-5-9-15-6-2-3-10-17(15)21/h2-3,5-6,9-11,14,16,19H,4,7-8,12-13H2,1H3,(H,26,27). The molecule has 6 nitrogen and oxygen atoms in total. The van der Waals surface area contributed by atoms with Crippen LogP contribution in [0.2, 0.25) is 0 Å². The summed E-state index contributed by atoms with van der Waals surface area (Å²) in [4.78, 5) is 17.7. The molecule has 2 aliphatic rings. The number of amides is 1. The molecule has 1 saturated carbocycles. The maximum absolute atomic E-state index is 13.2. The second kappa shape index (κ2) is 7.64. The molecule has 0 radical (unpaired) electrons. The number of benzene rings is 2. The lowest BCUT2D eigenvalue weighted by molar-refractivity contribution is -0.120. The fourth-order valence-electron chi connectivity index (χ4n) is 4.82. The zero-order valence-corrected chi connectivity index (χ0v) is 18.1. The van der Waals surface area contributed by atoms with Crippen LogP contribution in [0.3, 0.4) is 0 Å². The van der Waals surface area contributed by atoms with E-state index in [2.05, 4.69) is 9.71 Å². The average molecular weight is 437 g/mol. The third-order valence-corrected chi connectivity index (χ3v) is 7.99. The van der Waals surface area contributed by atoms with Gasteiger partial charge in [-0.25, -0.2) is 18.1 Å². The first-order valence-corrected chi connectivity index (χ1v) is 12.1. The van der Waals surface area contributed by atoms with Gasteiger partial charge in [-0.3, -0.25) is 4.79 Å². The summed E-state index contributed by atoms with van der Waals surface area (Å²) in [6, 6.07) is 12.3. The van der Waals surface area contributed by atoms with Gasteiger partial charge in [0.15, 0.2) is 0 Å². The molecule has 2 aliphatic carbocycles. The minimum atomic E-state index is -4.03. The van der Waals surface area contributed by atoms with E-state index in [1.54, 1.807) is 18.2 Å². The van der Waals surface area contributed by atoms with Crippen molar-refractivity contribution < 1.29 is 17.9 Å². The molecule has 160 valence electrons. The summed E-state index contributed by atoms with van der Waals surface area (Å²) in [5.74, 6) is -0.230. The van der Waals surface area contributed by atoms with Crippen molar-refractivity contribution in [2.75, 3.05) is 7.11 Å². The largest absolute Gasteiger partial charge is 0.481 e. The monoisotopic (exact) mass is 436 g/mol. The predicted octanol–water partition coefficient (Wildman–Crippen LogP) is 4.05. The topological polar surface area (TPSA) is 85.4 Å². The molecule has 3 aromatic rings. The van der Waals surface area contributed by atoms with Gasteiger partial charge in [-0.1, -0.05) is 42.8 Å². The fraction of sp³-hybridized carbons (Fsp3) is 0.333. The molecule has 1 amide bonds. The van der Waals surface area contributed by atoms with Crippen molar-refractivity contribution in [2.24, 2.45) is 0 Å². The molecule has 7 heteroatoms. The van der Waals surface area contributed by atoms with Crippen molar-refractivity contribution in [3.8, 4) is 5.88 Å². The highest BCUT2D eigenvalue weighted by atomic mass is 32.2. The molecule has 1 heterocycles. The Morgan fingerprint density at radius 1 is 1.10 bits per heavy atom. The van der Waals surface area contributed by atoms with E-state index in [1.165, 1.54) is 25.2 Å². The first-order valence-electron chi connectivity index (χ1n) is 10.6. The van der Waals surface area contributed by atoms with Crippen LogP contribution in [-0.2, 0) is 21.2 Å². The van der Waals surface area contributed by atoms with Crippen LogP contribution >= 0.6 is 0 Å². The normalized spacial score (nSPS) is 18.4. The van der Waals surface area contributed by atoms with E-state index in [-0.39, 0.29) is 4.90 Å². The van der Waals surface area contributed by atoms with E-state index >= 15 is 0 Å². The van der Waals surface area contributed by atoms with Crippen LogP contribution < -0.4 is 9.46 Å². The second-order valence-electron chi connectivity index (χ2n) is 8.28. The number of hydrogen-bond donors (Lipinski definition) is 1. The molecule has 5 rings (SSSR count). The van der Waals surface area contributed by atoms with Crippen LogP contribution in [0.25, 0.3) is 10.8 Å². The van der Waals surface area contributed by atoms with Gasteiger partial charge in [0.05, 0.1) is 17.9 Å². The summed E-state index contributed by atoms with van der Waals surface area (Å²) in [5, 5.41) is 1.39. The highest BCUT2D eigenvalue weighted by Crippen LogP contribution is 2.46. The number of carbonyl (C=O) groups is 1. The SMILES string of the molecule is COc1ncc(C2CCC2)c2c1C(C(=O)NS(=O)(=O)c1cccc3ccccc13)CC2. The van der Waals surface area contributed by atoms with Gasteiger partial charge in [0.25, 0.3) is 10.0 Å². The molecule has 0 spiro atoms. The lowest BCUT2D eigenvalue weighted by atomic mass is 9.78. The molecule has 0 bridgehead atoms. The summed E-state index contributed by atoms with van der Waals surface area (Å²) in [6.07, 6.45) is 6.62. The second-order valence-corrected chi connectivity index (χ2v) is 9.93. The Labute approximate surface area is 181 Å². The molecule has 1 atom stereocenters. The number of sulfonamides is 1. The maximum Gasteiger partial charge on any atom is 0.264 e. The summed E-state index contributed by atoms with van der Waals surface area (Å²) >= 11 is 0. The highest BCUT2D eigenvalue weighted by Gasteiger charge is 2.38. The number of nitrogens with zero attached hydrogens (tertiary/aromatic N) is 1. The fourth-order valence-corrected chi connectivity index (χ4v) is 6.07. The molecule has 1 aromatic heterocycles. The third kappa shape index (κ3) is 3.37. The van der Waals surface area contributed by atoms with Crippen LogP contribution in [-0.4, -0.2) is 26.4 Å². The lowest BCUT2D eigenvalue weighted by Crippen LogP contribution is -2.34. The Morgan fingerprint density at radius 2 is 1.87 bits per heavy atom. The molecular weight excluding hydrogens is 412 g/mol. The van der Waals surface area contributed by atoms with Crippen molar-refractivity contribution in [2.45, 2.75) is 48.8 Å². The van der Waals surface area contributed by atoms with Gasteiger partial charge in [-0.2, -0.15) is 0 Å². The van der Waals surface area contributed by atoms with Crippen molar-refractivity contribution in [3.05, 3.63) is 65.4 Å². The highest BCUT2D eigenvalue weighted by molar-refractivity contribution is 7.90. The molecule has 1 unspecified atom stereocenters. The molecule has 31 heavy (non-hydrogen) atoms. The number of methoxy groups -OCH3 is 1. The summed E-state index contributed by atoms with van der Waals surface area (Å²) in [6.45, 7) is 0. The summed E-state index contributed by atoms with van der Waals surface area (Å²) < 4.78 is 34.0. The van der Waals surface area contributed by atoms with E-state index < -0.39 is 21.8 Å². The van der Waals surface area contributed by atoms with Crippen LogP contribution in [0.1, 0.15) is 54.2 Å². The number of rotatable bonds is 5. The molecule has 2 aromatic carbocycles. The molecule has 0 aliphatic heterocycles. The minimum absolute atomic E-state index is 0.102. The van der Waals surface area contributed by atoms with E-state index in [0.29, 0.717) is 23.6 Å². The first-order chi connectivity index (χ1) is 15.0. The number of carbonyl (C=O) groups excluding carboxylic acids is 1. The van der Waals surface area contributed by atoms with E-state index in [4.69, 9.17) is 4.74 Å².